The van der Waals surface area contributed by atoms with Crippen LogP contribution in [0.5, 0.6) is 0 Å². The summed E-state index contributed by atoms with van der Waals surface area (Å²) in [5.74, 6) is 1.75. The van der Waals surface area contributed by atoms with Crippen LogP contribution in [0.4, 0.5) is 4.79 Å². The molecule has 0 saturated heterocycles. The fourth-order valence-corrected chi connectivity index (χ4v) is 4.80. The molecule has 0 aromatic carbocycles. The second-order valence-corrected chi connectivity index (χ2v) is 7.30. The van der Waals surface area contributed by atoms with Gasteiger partial charge in [0.15, 0.2) is 0 Å². The van der Waals surface area contributed by atoms with Crippen molar-refractivity contribution in [2.45, 2.75) is 38.1 Å². The quantitative estimate of drug-likeness (QED) is 0.783. The first-order chi connectivity index (χ1) is 10.2. The van der Waals surface area contributed by atoms with Crippen LogP contribution in [0.1, 0.15) is 37.7 Å². The van der Waals surface area contributed by atoms with Crippen LogP contribution in [0, 0.1) is 17.8 Å². The summed E-state index contributed by atoms with van der Waals surface area (Å²) in [4.78, 5) is 12.1. The molecule has 1 aromatic heterocycles. The van der Waals surface area contributed by atoms with Crippen LogP contribution < -0.4 is 10.6 Å². The monoisotopic (exact) mass is 308 g/mol. The lowest BCUT2D eigenvalue weighted by atomic mass is 9.85. The highest BCUT2D eigenvalue weighted by Gasteiger charge is 2.47. The van der Waals surface area contributed by atoms with E-state index in [1.165, 1.54) is 24.8 Å². The zero-order valence-electron chi connectivity index (χ0n) is 12.4. The molecule has 116 valence electrons. The highest BCUT2D eigenvalue weighted by Crippen LogP contribution is 2.48. The van der Waals surface area contributed by atoms with Crippen LogP contribution >= 0.6 is 11.3 Å². The number of thiophene rings is 1. The number of carbonyl (C=O) groups is 1. The Morgan fingerprint density at radius 2 is 2.29 bits per heavy atom. The van der Waals surface area contributed by atoms with Crippen molar-refractivity contribution in [2.24, 2.45) is 17.8 Å². The van der Waals surface area contributed by atoms with Gasteiger partial charge in [0.1, 0.15) is 0 Å². The zero-order valence-corrected chi connectivity index (χ0v) is 13.2. The first-order valence-electron chi connectivity index (χ1n) is 7.86. The summed E-state index contributed by atoms with van der Waals surface area (Å²) < 4.78 is 0. The Bertz CT molecular complexity index is 477. The molecule has 5 unspecified atom stereocenters. The van der Waals surface area contributed by atoms with Crippen molar-refractivity contribution in [3.05, 3.63) is 22.4 Å². The molecule has 2 aliphatic rings. The van der Waals surface area contributed by atoms with Gasteiger partial charge in [0.05, 0.1) is 0 Å². The van der Waals surface area contributed by atoms with Gasteiger partial charge in [0.25, 0.3) is 0 Å². The molecule has 3 N–H and O–H groups in total. The van der Waals surface area contributed by atoms with Crippen molar-refractivity contribution in [2.75, 3.05) is 13.2 Å². The van der Waals surface area contributed by atoms with Crippen molar-refractivity contribution in [1.29, 1.82) is 0 Å². The predicted molar refractivity (Wildman–Crippen MR) is 84.5 cm³/mol. The van der Waals surface area contributed by atoms with Gasteiger partial charge in [0, 0.05) is 25.1 Å². The van der Waals surface area contributed by atoms with Gasteiger partial charge in [-0.3, -0.25) is 0 Å². The summed E-state index contributed by atoms with van der Waals surface area (Å²) in [5.41, 5.74) is 1.27. The van der Waals surface area contributed by atoms with E-state index in [4.69, 9.17) is 0 Å². The Balaban J connectivity index is 1.48. The molecule has 2 amide bonds. The van der Waals surface area contributed by atoms with Crippen LogP contribution in [-0.2, 0) is 0 Å². The Morgan fingerprint density at radius 3 is 3.00 bits per heavy atom. The minimum Gasteiger partial charge on any atom is -0.396 e. The van der Waals surface area contributed by atoms with E-state index in [2.05, 4.69) is 34.4 Å². The maximum Gasteiger partial charge on any atom is 0.315 e. The molecule has 5 atom stereocenters. The first kappa shape index (κ1) is 14.9. The van der Waals surface area contributed by atoms with Crippen molar-refractivity contribution in [3.8, 4) is 0 Å². The lowest BCUT2D eigenvalue weighted by molar-refractivity contribution is 0.144. The van der Waals surface area contributed by atoms with E-state index in [-0.39, 0.29) is 24.6 Å². The van der Waals surface area contributed by atoms with Crippen LogP contribution in [0.3, 0.4) is 0 Å². The molecule has 1 heterocycles. The van der Waals surface area contributed by atoms with Gasteiger partial charge in [-0.15, -0.1) is 0 Å². The molecular formula is C16H24N2O2S. The molecular weight excluding hydrogens is 284 g/mol. The average Bonchev–Trinajstić information content (AvgIpc) is 3.20. The zero-order chi connectivity index (χ0) is 14.8. The third-order valence-electron chi connectivity index (χ3n) is 5.28. The molecule has 2 aliphatic carbocycles. The van der Waals surface area contributed by atoms with Crippen LogP contribution in [-0.4, -0.2) is 30.3 Å². The molecule has 0 radical (unpaired) electrons. The summed E-state index contributed by atoms with van der Waals surface area (Å²) in [7, 11) is 0. The third-order valence-corrected chi connectivity index (χ3v) is 5.98. The van der Waals surface area contributed by atoms with E-state index in [1.807, 2.05) is 0 Å². The van der Waals surface area contributed by atoms with Gasteiger partial charge < -0.3 is 15.7 Å². The SMILES string of the molecule is CC(CNC(=O)NC1C2CCC(C2)C1CO)c1ccsc1. The standard InChI is InChI=1S/C16H24N2O2S/c1-10(13-4-5-21-9-13)7-17-16(20)18-15-12-3-2-11(6-12)14(15)8-19/h4-5,9-12,14-15,19H,2-3,6-8H2,1H3,(H2,17,18,20). The Hall–Kier alpha value is -1.07. The van der Waals surface area contributed by atoms with Crippen LogP contribution in [0.25, 0.3) is 0 Å². The van der Waals surface area contributed by atoms with Crippen molar-refractivity contribution in [1.82, 2.24) is 10.6 Å². The Morgan fingerprint density at radius 1 is 1.48 bits per heavy atom. The summed E-state index contributed by atoms with van der Waals surface area (Å²) in [6.45, 7) is 2.96. The number of urea groups is 1. The Kier molecular flexibility index (Phi) is 4.50. The van der Waals surface area contributed by atoms with Crippen molar-refractivity contribution >= 4 is 17.4 Å². The number of nitrogens with one attached hydrogen (secondary N) is 2. The largest absolute Gasteiger partial charge is 0.396 e. The average molecular weight is 308 g/mol. The molecule has 1 aromatic rings. The minimum absolute atomic E-state index is 0.0897. The summed E-state index contributed by atoms with van der Waals surface area (Å²) in [5, 5.41) is 19.8. The van der Waals surface area contributed by atoms with E-state index in [0.29, 0.717) is 24.3 Å². The predicted octanol–water partition coefficient (Wildman–Crippen LogP) is 2.56. The number of carbonyl (C=O) groups excluding carboxylic acids is 1. The van der Waals surface area contributed by atoms with Gasteiger partial charge in [0.2, 0.25) is 0 Å². The van der Waals surface area contributed by atoms with Crippen molar-refractivity contribution in [3.63, 3.8) is 0 Å². The van der Waals surface area contributed by atoms with E-state index < -0.39 is 0 Å². The lowest BCUT2D eigenvalue weighted by Gasteiger charge is -2.30. The number of hydrogen-bond acceptors (Lipinski definition) is 3. The normalized spacial score (nSPS) is 32.1. The highest BCUT2D eigenvalue weighted by atomic mass is 32.1. The maximum atomic E-state index is 12.1. The highest BCUT2D eigenvalue weighted by molar-refractivity contribution is 7.07. The topological polar surface area (TPSA) is 61.4 Å². The number of amides is 2. The maximum absolute atomic E-state index is 12.1. The summed E-state index contributed by atoms with van der Waals surface area (Å²) >= 11 is 1.68. The molecule has 21 heavy (non-hydrogen) atoms. The van der Waals surface area contributed by atoms with Gasteiger partial charge in [-0.2, -0.15) is 11.3 Å². The second kappa shape index (κ2) is 6.36. The number of aliphatic hydroxyl groups is 1. The molecule has 2 fully saturated rings. The van der Waals surface area contributed by atoms with Gasteiger partial charge in [-0.05, 0) is 59.4 Å². The number of hydrogen-bond donors (Lipinski definition) is 3. The summed E-state index contributed by atoms with van der Waals surface area (Å²) in [6.07, 6.45) is 3.57. The fraction of sp³-hybridized carbons (Fsp3) is 0.688. The molecule has 4 nitrogen and oxygen atoms in total. The molecule has 3 rings (SSSR count). The van der Waals surface area contributed by atoms with Gasteiger partial charge in [-0.25, -0.2) is 4.79 Å². The van der Waals surface area contributed by atoms with Gasteiger partial charge >= 0.3 is 6.03 Å². The number of rotatable bonds is 5. The lowest BCUT2D eigenvalue weighted by Crippen LogP contribution is -2.49. The van der Waals surface area contributed by atoms with Gasteiger partial charge in [-0.1, -0.05) is 6.92 Å². The first-order valence-corrected chi connectivity index (χ1v) is 8.80. The summed E-state index contributed by atoms with van der Waals surface area (Å²) in [6, 6.07) is 2.17. The second-order valence-electron chi connectivity index (χ2n) is 6.52. The van der Waals surface area contributed by atoms with Crippen LogP contribution in [0.2, 0.25) is 0 Å². The molecule has 2 bridgehead atoms. The Labute approximate surface area is 129 Å². The number of aliphatic hydroxyl groups excluding tert-OH is 1. The van der Waals surface area contributed by atoms with E-state index >= 15 is 0 Å². The van der Waals surface area contributed by atoms with Crippen LogP contribution in [0.15, 0.2) is 16.8 Å². The number of fused-ring (bicyclic) bond motifs is 2. The van der Waals surface area contributed by atoms with E-state index in [9.17, 15) is 9.90 Å². The van der Waals surface area contributed by atoms with E-state index in [1.54, 1.807) is 11.3 Å². The molecule has 0 spiro atoms. The molecule has 0 aliphatic heterocycles. The van der Waals surface area contributed by atoms with E-state index in [0.717, 1.165) is 0 Å². The molecule has 2 saturated carbocycles. The van der Waals surface area contributed by atoms with Crippen molar-refractivity contribution < 1.29 is 9.90 Å². The fourth-order valence-electron chi connectivity index (χ4n) is 4.02. The smallest absolute Gasteiger partial charge is 0.315 e. The third kappa shape index (κ3) is 3.09. The molecule has 5 heteroatoms. The minimum atomic E-state index is -0.0897.